The summed E-state index contributed by atoms with van der Waals surface area (Å²) in [6.45, 7) is 6.99. The van der Waals surface area contributed by atoms with Gasteiger partial charge in [0.15, 0.2) is 0 Å². The monoisotopic (exact) mass is 333 g/mol. The normalized spacial score (nSPS) is 18.5. The zero-order valence-corrected chi connectivity index (χ0v) is 14.6. The number of hydrogen-bond donors (Lipinski definition) is 1. The van der Waals surface area contributed by atoms with Crippen LogP contribution in [0, 0.1) is 0 Å². The molecule has 6 heteroatoms. The average Bonchev–Trinajstić information content (AvgIpc) is 3.02. The molecule has 0 saturated carbocycles. The smallest absolute Gasteiger partial charge is 0.410 e. The standard InChI is InChI=1S/C18H27N3O3/c1-13(2)21(16-9-10-20(11-16)17(22)14(3)19)18(23)24-12-15-7-5-4-6-8-15/h4-8,13-14,16H,9-12,19H2,1-3H3/t14-,16+/m0/s1. The molecule has 0 radical (unpaired) electrons. The van der Waals surface area contributed by atoms with Crippen molar-refractivity contribution in [3.63, 3.8) is 0 Å². The molecule has 0 spiro atoms. The molecule has 1 aromatic carbocycles. The predicted octanol–water partition coefficient (Wildman–Crippen LogP) is 1.98. The molecule has 1 aliphatic rings. The lowest BCUT2D eigenvalue weighted by Gasteiger charge is -2.32. The molecule has 0 aliphatic carbocycles. The Morgan fingerprint density at radius 3 is 2.54 bits per heavy atom. The van der Waals surface area contributed by atoms with E-state index in [1.165, 1.54) is 0 Å². The summed E-state index contributed by atoms with van der Waals surface area (Å²) < 4.78 is 5.47. The van der Waals surface area contributed by atoms with Gasteiger partial charge in [-0.2, -0.15) is 0 Å². The van der Waals surface area contributed by atoms with Crippen LogP contribution < -0.4 is 5.73 Å². The number of ether oxygens (including phenoxy) is 1. The molecule has 0 bridgehead atoms. The lowest BCUT2D eigenvalue weighted by atomic mass is 10.2. The molecule has 0 unspecified atom stereocenters. The highest BCUT2D eigenvalue weighted by atomic mass is 16.6. The summed E-state index contributed by atoms with van der Waals surface area (Å²) in [4.78, 5) is 28.0. The number of nitrogens with two attached hydrogens (primary N) is 1. The SMILES string of the molecule is CC(C)N(C(=O)OCc1ccccc1)[C@@H]1CCN(C(=O)[C@H](C)N)C1. The molecule has 2 atom stereocenters. The van der Waals surface area contributed by atoms with Crippen molar-refractivity contribution in [3.05, 3.63) is 35.9 Å². The van der Waals surface area contributed by atoms with Gasteiger partial charge < -0.3 is 20.3 Å². The quantitative estimate of drug-likeness (QED) is 0.894. The highest BCUT2D eigenvalue weighted by Gasteiger charge is 2.35. The van der Waals surface area contributed by atoms with Crippen LogP contribution in [0.5, 0.6) is 0 Å². The molecule has 2 N–H and O–H groups in total. The second-order valence-electron chi connectivity index (χ2n) is 6.56. The van der Waals surface area contributed by atoms with Gasteiger partial charge in [0, 0.05) is 19.1 Å². The number of carbonyl (C=O) groups excluding carboxylic acids is 2. The highest BCUT2D eigenvalue weighted by Crippen LogP contribution is 2.20. The first-order chi connectivity index (χ1) is 11.4. The summed E-state index contributed by atoms with van der Waals surface area (Å²) >= 11 is 0. The Balaban J connectivity index is 1.96. The Morgan fingerprint density at radius 2 is 1.96 bits per heavy atom. The van der Waals surface area contributed by atoms with Crippen LogP contribution in [0.1, 0.15) is 32.8 Å². The summed E-state index contributed by atoms with van der Waals surface area (Å²) in [5, 5.41) is 0. The Kier molecular flexibility index (Phi) is 6.20. The van der Waals surface area contributed by atoms with Crippen molar-refractivity contribution in [3.8, 4) is 0 Å². The van der Waals surface area contributed by atoms with E-state index in [0.717, 1.165) is 12.0 Å². The second-order valence-corrected chi connectivity index (χ2v) is 6.56. The maximum Gasteiger partial charge on any atom is 0.410 e. The van der Waals surface area contributed by atoms with Gasteiger partial charge in [-0.25, -0.2) is 4.79 Å². The van der Waals surface area contributed by atoms with Gasteiger partial charge in [-0.05, 0) is 32.8 Å². The molecule has 24 heavy (non-hydrogen) atoms. The molecule has 2 rings (SSSR count). The van der Waals surface area contributed by atoms with Gasteiger partial charge in [-0.15, -0.1) is 0 Å². The number of likely N-dealkylation sites (tertiary alicyclic amines) is 1. The molecule has 1 aliphatic heterocycles. The van der Waals surface area contributed by atoms with Crippen molar-refractivity contribution < 1.29 is 14.3 Å². The average molecular weight is 333 g/mol. The van der Waals surface area contributed by atoms with Crippen LogP contribution in [0.15, 0.2) is 30.3 Å². The number of benzene rings is 1. The summed E-state index contributed by atoms with van der Waals surface area (Å²) in [6, 6.07) is 9.06. The van der Waals surface area contributed by atoms with Crippen LogP contribution in [-0.2, 0) is 16.1 Å². The summed E-state index contributed by atoms with van der Waals surface area (Å²) in [6.07, 6.45) is 0.408. The van der Waals surface area contributed by atoms with Crippen molar-refractivity contribution in [2.24, 2.45) is 5.73 Å². The summed E-state index contributed by atoms with van der Waals surface area (Å²) in [7, 11) is 0. The maximum absolute atomic E-state index is 12.5. The van der Waals surface area contributed by atoms with Gasteiger partial charge in [-0.3, -0.25) is 4.79 Å². The Morgan fingerprint density at radius 1 is 1.29 bits per heavy atom. The molecule has 2 amide bonds. The number of nitrogens with zero attached hydrogens (tertiary/aromatic N) is 2. The molecular formula is C18H27N3O3. The zero-order valence-electron chi connectivity index (χ0n) is 14.6. The molecule has 1 aromatic rings. The molecule has 1 heterocycles. The fraction of sp³-hybridized carbons (Fsp3) is 0.556. The van der Waals surface area contributed by atoms with Crippen LogP contribution >= 0.6 is 0 Å². The number of carbonyl (C=O) groups is 2. The van der Waals surface area contributed by atoms with E-state index >= 15 is 0 Å². The lowest BCUT2D eigenvalue weighted by Crippen LogP contribution is -2.48. The minimum Gasteiger partial charge on any atom is -0.445 e. The predicted molar refractivity (Wildman–Crippen MR) is 92.2 cm³/mol. The maximum atomic E-state index is 12.5. The zero-order chi connectivity index (χ0) is 17.7. The third kappa shape index (κ3) is 4.47. The third-order valence-electron chi connectivity index (χ3n) is 4.23. The van der Waals surface area contributed by atoms with Crippen LogP contribution in [0.3, 0.4) is 0 Å². The van der Waals surface area contributed by atoms with Gasteiger partial charge in [0.1, 0.15) is 6.61 Å². The van der Waals surface area contributed by atoms with E-state index in [0.29, 0.717) is 13.1 Å². The first-order valence-electron chi connectivity index (χ1n) is 8.43. The van der Waals surface area contributed by atoms with Gasteiger partial charge in [0.25, 0.3) is 0 Å². The van der Waals surface area contributed by atoms with E-state index in [4.69, 9.17) is 10.5 Å². The number of amides is 2. The van der Waals surface area contributed by atoms with Gasteiger partial charge in [0.05, 0.1) is 12.1 Å². The van der Waals surface area contributed by atoms with E-state index in [2.05, 4.69) is 0 Å². The Labute approximate surface area is 143 Å². The van der Waals surface area contributed by atoms with Gasteiger partial charge in [-0.1, -0.05) is 30.3 Å². The fourth-order valence-corrected chi connectivity index (χ4v) is 3.03. The van der Waals surface area contributed by atoms with Crippen molar-refractivity contribution in [1.29, 1.82) is 0 Å². The van der Waals surface area contributed by atoms with Crippen LogP contribution in [0.4, 0.5) is 4.79 Å². The van der Waals surface area contributed by atoms with E-state index in [-0.39, 0.29) is 30.7 Å². The molecular weight excluding hydrogens is 306 g/mol. The van der Waals surface area contributed by atoms with Crippen molar-refractivity contribution >= 4 is 12.0 Å². The van der Waals surface area contributed by atoms with Crippen LogP contribution in [0.2, 0.25) is 0 Å². The fourth-order valence-electron chi connectivity index (χ4n) is 3.03. The highest BCUT2D eigenvalue weighted by molar-refractivity contribution is 5.81. The summed E-state index contributed by atoms with van der Waals surface area (Å²) in [5.74, 6) is -0.0705. The van der Waals surface area contributed by atoms with Crippen molar-refractivity contribution in [2.45, 2.75) is 51.9 Å². The largest absolute Gasteiger partial charge is 0.445 e. The first-order valence-corrected chi connectivity index (χ1v) is 8.43. The molecule has 1 saturated heterocycles. The van der Waals surface area contributed by atoms with Gasteiger partial charge in [0.2, 0.25) is 5.91 Å². The minimum absolute atomic E-state index is 0.00336. The lowest BCUT2D eigenvalue weighted by molar-refractivity contribution is -0.131. The summed E-state index contributed by atoms with van der Waals surface area (Å²) in [5.41, 5.74) is 6.63. The minimum atomic E-state index is -0.513. The Hall–Kier alpha value is -2.08. The number of hydrogen-bond acceptors (Lipinski definition) is 4. The van der Waals surface area contributed by atoms with E-state index in [9.17, 15) is 9.59 Å². The van der Waals surface area contributed by atoms with Crippen LogP contribution in [0.25, 0.3) is 0 Å². The molecule has 1 fully saturated rings. The van der Waals surface area contributed by atoms with Crippen molar-refractivity contribution in [2.75, 3.05) is 13.1 Å². The second kappa shape index (κ2) is 8.15. The van der Waals surface area contributed by atoms with E-state index in [1.807, 2.05) is 44.2 Å². The van der Waals surface area contributed by atoms with Crippen LogP contribution in [-0.4, -0.2) is 53.0 Å². The van der Waals surface area contributed by atoms with Gasteiger partial charge >= 0.3 is 6.09 Å². The molecule has 0 aromatic heterocycles. The first kappa shape index (κ1) is 18.3. The number of rotatable bonds is 5. The molecule has 132 valence electrons. The van der Waals surface area contributed by atoms with Crippen molar-refractivity contribution in [1.82, 2.24) is 9.80 Å². The Bertz CT molecular complexity index is 560. The van der Waals surface area contributed by atoms with E-state index in [1.54, 1.807) is 16.7 Å². The molecule has 6 nitrogen and oxygen atoms in total. The third-order valence-corrected chi connectivity index (χ3v) is 4.23. The topological polar surface area (TPSA) is 75.9 Å². The van der Waals surface area contributed by atoms with E-state index < -0.39 is 6.04 Å².